The topological polar surface area (TPSA) is 77.2 Å². The fourth-order valence-electron chi connectivity index (χ4n) is 9.21. The Balaban J connectivity index is 1.15. The smallest absolute Gasteiger partial charge is 0.157 e. The third-order valence-electron chi connectivity index (χ3n) is 10.8. The molecule has 0 radical (unpaired) electrons. The van der Waals surface area contributed by atoms with Gasteiger partial charge in [0.15, 0.2) is 5.78 Å². The Hall–Kier alpha value is -1.79. The van der Waals surface area contributed by atoms with Crippen LogP contribution in [-0.2, 0) is 16.1 Å². The van der Waals surface area contributed by atoms with Crippen LogP contribution in [0.1, 0.15) is 71.6 Å². The number of nitrogens with zero attached hydrogens (tertiary/aromatic N) is 3. The SMILES string of the molecule is CCOCC1(O)CCC2C(CCC3C2CCC2(C)C(C(=O)Cn4ncc5ccncc54)CCC32)C1. The second-order valence-corrected chi connectivity index (χ2v) is 12.4. The summed E-state index contributed by atoms with van der Waals surface area (Å²) in [6.07, 6.45) is 15.5. The van der Waals surface area contributed by atoms with Crippen molar-refractivity contribution in [2.24, 2.45) is 40.9 Å². The van der Waals surface area contributed by atoms with Gasteiger partial charge in [0.05, 0.1) is 30.1 Å². The highest BCUT2D eigenvalue weighted by molar-refractivity contribution is 5.84. The van der Waals surface area contributed by atoms with Crippen molar-refractivity contribution >= 4 is 16.7 Å². The van der Waals surface area contributed by atoms with Crippen LogP contribution in [0.4, 0.5) is 0 Å². The number of ketones is 1. The molecule has 6 rings (SSSR count). The minimum absolute atomic E-state index is 0.122. The Kier molecular flexibility index (Phi) is 6.03. The third-order valence-corrected chi connectivity index (χ3v) is 10.8. The van der Waals surface area contributed by atoms with Gasteiger partial charge in [-0.2, -0.15) is 5.10 Å². The summed E-state index contributed by atoms with van der Waals surface area (Å²) in [5.74, 6) is 4.08. The zero-order valence-electron chi connectivity index (χ0n) is 21.4. The van der Waals surface area contributed by atoms with E-state index in [0.717, 1.165) is 54.3 Å². The number of carbonyl (C=O) groups is 1. The lowest BCUT2D eigenvalue weighted by Gasteiger charge is -2.57. The number of aliphatic hydroxyl groups is 1. The fourth-order valence-corrected chi connectivity index (χ4v) is 9.21. The van der Waals surface area contributed by atoms with E-state index >= 15 is 0 Å². The zero-order chi connectivity index (χ0) is 24.2. The van der Waals surface area contributed by atoms with E-state index in [9.17, 15) is 9.90 Å². The summed E-state index contributed by atoms with van der Waals surface area (Å²) in [5.41, 5.74) is 0.449. The van der Waals surface area contributed by atoms with Gasteiger partial charge in [0.25, 0.3) is 0 Å². The molecule has 0 spiro atoms. The van der Waals surface area contributed by atoms with Crippen molar-refractivity contribution in [3.63, 3.8) is 0 Å². The molecule has 35 heavy (non-hydrogen) atoms. The molecule has 0 aromatic carbocycles. The minimum Gasteiger partial charge on any atom is -0.387 e. The first-order valence-corrected chi connectivity index (χ1v) is 14.0. The summed E-state index contributed by atoms with van der Waals surface area (Å²) in [4.78, 5) is 17.9. The van der Waals surface area contributed by atoms with Gasteiger partial charge in [-0.05, 0) is 106 Å². The second-order valence-electron chi connectivity index (χ2n) is 12.4. The number of hydrogen-bond donors (Lipinski definition) is 1. The molecule has 2 aromatic heterocycles. The Bertz CT molecular complexity index is 1080. The van der Waals surface area contributed by atoms with Crippen molar-refractivity contribution in [2.45, 2.75) is 83.8 Å². The van der Waals surface area contributed by atoms with Crippen LogP contribution in [0.25, 0.3) is 10.9 Å². The summed E-state index contributed by atoms with van der Waals surface area (Å²) in [5, 5.41) is 16.7. The van der Waals surface area contributed by atoms with Gasteiger partial charge in [0, 0.05) is 24.1 Å². The summed E-state index contributed by atoms with van der Waals surface area (Å²) >= 11 is 0. The first-order valence-electron chi connectivity index (χ1n) is 14.0. The number of carbonyl (C=O) groups excluding carboxylic acids is 1. The molecule has 4 aliphatic rings. The maximum Gasteiger partial charge on any atom is 0.157 e. The molecule has 4 fully saturated rings. The van der Waals surface area contributed by atoms with Crippen LogP contribution in [0, 0.1) is 40.9 Å². The molecular formula is C29H41N3O3. The largest absolute Gasteiger partial charge is 0.387 e. The lowest BCUT2D eigenvalue weighted by atomic mass is 9.49. The Morgan fingerprint density at radius 1 is 1.11 bits per heavy atom. The van der Waals surface area contributed by atoms with Gasteiger partial charge in [0.2, 0.25) is 0 Å². The van der Waals surface area contributed by atoms with Crippen LogP contribution in [0.3, 0.4) is 0 Å². The molecule has 2 heterocycles. The highest BCUT2D eigenvalue weighted by atomic mass is 16.5. The van der Waals surface area contributed by atoms with Crippen molar-refractivity contribution in [1.29, 1.82) is 0 Å². The molecule has 4 saturated carbocycles. The lowest BCUT2D eigenvalue weighted by molar-refractivity contribution is -0.138. The van der Waals surface area contributed by atoms with Gasteiger partial charge in [0.1, 0.15) is 6.54 Å². The normalized spacial score (nSPS) is 40.8. The number of Topliss-reactive ketones (excluding diaryl/α,β-unsaturated/α-hetero) is 1. The molecule has 6 heteroatoms. The molecule has 0 saturated heterocycles. The minimum atomic E-state index is -0.621. The van der Waals surface area contributed by atoms with Crippen LogP contribution in [-0.4, -0.2) is 44.5 Å². The van der Waals surface area contributed by atoms with Gasteiger partial charge in [-0.1, -0.05) is 6.92 Å². The predicted octanol–water partition coefficient (Wildman–Crippen LogP) is 5.04. The van der Waals surface area contributed by atoms with Crippen LogP contribution >= 0.6 is 0 Å². The molecule has 8 unspecified atom stereocenters. The molecule has 6 nitrogen and oxygen atoms in total. The van der Waals surface area contributed by atoms with Gasteiger partial charge in [-0.3, -0.25) is 14.5 Å². The molecular weight excluding hydrogens is 438 g/mol. The van der Waals surface area contributed by atoms with E-state index in [4.69, 9.17) is 4.74 Å². The molecule has 190 valence electrons. The number of pyridine rings is 1. The molecule has 0 amide bonds. The van der Waals surface area contributed by atoms with Crippen molar-refractivity contribution in [3.05, 3.63) is 24.7 Å². The number of rotatable bonds is 6. The molecule has 2 aromatic rings. The monoisotopic (exact) mass is 479 g/mol. The molecule has 0 aliphatic heterocycles. The third kappa shape index (κ3) is 3.96. The quantitative estimate of drug-likeness (QED) is 0.628. The number of ether oxygens (including phenoxy) is 1. The Labute approximate surface area is 208 Å². The van der Waals surface area contributed by atoms with Gasteiger partial charge in [-0.15, -0.1) is 0 Å². The summed E-state index contributed by atoms with van der Waals surface area (Å²) in [6, 6.07) is 1.96. The number of fused-ring (bicyclic) bond motifs is 6. The Morgan fingerprint density at radius 3 is 2.83 bits per heavy atom. The first kappa shape index (κ1) is 23.6. The van der Waals surface area contributed by atoms with E-state index < -0.39 is 5.60 Å². The first-order chi connectivity index (χ1) is 16.9. The zero-order valence-corrected chi connectivity index (χ0v) is 21.4. The van der Waals surface area contributed by atoms with Crippen LogP contribution in [0.2, 0.25) is 0 Å². The standard InChI is InChI=1S/C29H41N3O3/c1-3-35-18-29(34)12-9-21-19(14-29)4-5-23-22(21)8-11-28(2)24(23)6-7-25(28)27(33)17-32-26-16-30-13-10-20(26)15-31-32/h10,13,15-16,19,21-25,34H,3-9,11-12,14,17-18H2,1-2H3. The summed E-state index contributed by atoms with van der Waals surface area (Å²) < 4.78 is 7.49. The number of aromatic nitrogens is 3. The van der Waals surface area contributed by atoms with E-state index in [0.29, 0.717) is 37.4 Å². The van der Waals surface area contributed by atoms with Crippen LogP contribution < -0.4 is 0 Å². The van der Waals surface area contributed by atoms with E-state index in [2.05, 4.69) is 17.0 Å². The van der Waals surface area contributed by atoms with E-state index in [-0.39, 0.29) is 11.3 Å². The van der Waals surface area contributed by atoms with Crippen LogP contribution in [0.15, 0.2) is 24.7 Å². The predicted molar refractivity (Wildman–Crippen MR) is 135 cm³/mol. The molecule has 1 N–H and O–H groups in total. The van der Waals surface area contributed by atoms with Gasteiger partial charge >= 0.3 is 0 Å². The average Bonchev–Trinajstić information content (AvgIpc) is 3.43. The van der Waals surface area contributed by atoms with Crippen molar-refractivity contribution in [1.82, 2.24) is 14.8 Å². The maximum absolute atomic E-state index is 13.6. The van der Waals surface area contributed by atoms with Crippen molar-refractivity contribution in [3.8, 4) is 0 Å². The van der Waals surface area contributed by atoms with E-state index in [1.165, 1.54) is 32.1 Å². The summed E-state index contributed by atoms with van der Waals surface area (Å²) in [7, 11) is 0. The van der Waals surface area contributed by atoms with Crippen molar-refractivity contribution < 1.29 is 14.6 Å². The van der Waals surface area contributed by atoms with E-state index in [1.54, 1.807) is 6.20 Å². The molecule has 4 aliphatic carbocycles. The molecule has 0 bridgehead atoms. The lowest BCUT2D eigenvalue weighted by Crippen LogP contribution is -2.52. The van der Waals surface area contributed by atoms with Gasteiger partial charge in [-0.25, -0.2) is 0 Å². The maximum atomic E-state index is 13.6. The second kappa shape index (κ2) is 8.95. The average molecular weight is 480 g/mol. The Morgan fingerprint density at radius 2 is 1.97 bits per heavy atom. The summed E-state index contributed by atoms with van der Waals surface area (Å²) in [6.45, 7) is 5.97. The number of hydrogen-bond acceptors (Lipinski definition) is 5. The highest BCUT2D eigenvalue weighted by Crippen LogP contribution is 2.64. The van der Waals surface area contributed by atoms with Crippen molar-refractivity contribution in [2.75, 3.05) is 13.2 Å². The van der Waals surface area contributed by atoms with Crippen LogP contribution in [0.5, 0.6) is 0 Å². The highest BCUT2D eigenvalue weighted by Gasteiger charge is 2.59. The molecule has 8 atom stereocenters. The van der Waals surface area contributed by atoms with Gasteiger partial charge < -0.3 is 9.84 Å². The fraction of sp³-hybridized carbons (Fsp3) is 0.759. The van der Waals surface area contributed by atoms with E-state index in [1.807, 2.05) is 30.1 Å².